The average molecular weight is 517 g/mol. The lowest BCUT2D eigenvalue weighted by Crippen LogP contribution is -2.47. The molecule has 0 saturated heterocycles. The summed E-state index contributed by atoms with van der Waals surface area (Å²) in [6.45, 7) is 0.331. The second-order valence-electron chi connectivity index (χ2n) is 7.86. The molecular formula is C24H18F3N3O7. The summed E-state index contributed by atoms with van der Waals surface area (Å²) in [6, 6.07) is 8.08. The van der Waals surface area contributed by atoms with Crippen molar-refractivity contribution in [2.24, 2.45) is 0 Å². The predicted molar refractivity (Wildman–Crippen MR) is 120 cm³/mol. The van der Waals surface area contributed by atoms with Gasteiger partial charge in [0, 0.05) is 11.6 Å². The summed E-state index contributed by atoms with van der Waals surface area (Å²) >= 11 is 0. The minimum atomic E-state index is -5.33. The Kier molecular flexibility index (Phi) is 6.30. The van der Waals surface area contributed by atoms with Crippen molar-refractivity contribution < 1.29 is 46.5 Å². The number of aromatic nitrogens is 2. The van der Waals surface area contributed by atoms with Gasteiger partial charge < -0.3 is 23.7 Å². The van der Waals surface area contributed by atoms with Crippen LogP contribution in [0.5, 0.6) is 5.75 Å². The number of nitriles is 1. The van der Waals surface area contributed by atoms with Crippen molar-refractivity contribution in [2.45, 2.75) is 18.7 Å². The van der Waals surface area contributed by atoms with Gasteiger partial charge in [0.25, 0.3) is 5.60 Å². The Hall–Kier alpha value is -4.57. The molecule has 1 unspecified atom stereocenters. The van der Waals surface area contributed by atoms with Gasteiger partial charge in [-0.3, -0.25) is 4.57 Å². The van der Waals surface area contributed by atoms with Crippen LogP contribution in [0.2, 0.25) is 0 Å². The van der Waals surface area contributed by atoms with Gasteiger partial charge in [-0.05, 0) is 42.8 Å². The molecule has 0 aliphatic rings. The third-order valence-corrected chi connectivity index (χ3v) is 5.75. The number of halogens is 3. The first-order valence-electron chi connectivity index (χ1n) is 10.5. The maximum atomic E-state index is 15.3. The van der Waals surface area contributed by atoms with Crippen LogP contribution in [0.3, 0.4) is 0 Å². The fraction of sp³-hybridized carbons (Fsp3) is 0.250. The van der Waals surface area contributed by atoms with Crippen LogP contribution >= 0.6 is 0 Å². The number of benzene rings is 2. The lowest BCUT2D eigenvalue weighted by atomic mass is 9.87. The number of carbonyl (C=O) groups excluding carboxylic acids is 1. The van der Waals surface area contributed by atoms with E-state index < -0.39 is 41.9 Å². The minimum absolute atomic E-state index is 0.0681. The van der Waals surface area contributed by atoms with Gasteiger partial charge in [0.2, 0.25) is 5.89 Å². The van der Waals surface area contributed by atoms with E-state index >= 15 is 13.2 Å². The Morgan fingerprint density at radius 2 is 1.95 bits per heavy atom. The lowest BCUT2D eigenvalue weighted by Gasteiger charge is -2.34. The molecule has 10 nitrogen and oxygen atoms in total. The molecule has 2 aromatic heterocycles. The monoisotopic (exact) mass is 517 g/mol. The number of hydrogen-bond acceptors (Lipinski definition) is 8. The quantitative estimate of drug-likeness (QED) is 0.367. The van der Waals surface area contributed by atoms with Gasteiger partial charge in [0.1, 0.15) is 17.9 Å². The van der Waals surface area contributed by atoms with Gasteiger partial charge in [-0.1, -0.05) is 0 Å². The molecule has 0 saturated carbocycles. The van der Waals surface area contributed by atoms with Crippen LogP contribution in [0.1, 0.15) is 22.6 Å². The van der Waals surface area contributed by atoms with E-state index in [0.717, 1.165) is 31.0 Å². The zero-order valence-electron chi connectivity index (χ0n) is 19.5. The largest absolute Gasteiger partial charge is 0.496 e. The number of rotatable bonds is 6. The summed E-state index contributed by atoms with van der Waals surface area (Å²) in [5, 5.41) is 18.6. The number of carbonyl (C=O) groups is 2. The van der Waals surface area contributed by atoms with Gasteiger partial charge in [0.05, 0.1) is 36.9 Å². The summed E-state index contributed by atoms with van der Waals surface area (Å²) in [6.07, 6.45) is -5.69. The summed E-state index contributed by atoms with van der Waals surface area (Å²) < 4.78 is 67.2. The Morgan fingerprint density at radius 3 is 2.54 bits per heavy atom. The van der Waals surface area contributed by atoms with Crippen molar-refractivity contribution in [3.05, 3.63) is 59.1 Å². The Morgan fingerprint density at radius 1 is 1.22 bits per heavy atom. The number of methoxy groups -OCH3 is 2. The van der Waals surface area contributed by atoms with Crippen molar-refractivity contribution in [3.8, 4) is 11.8 Å². The Balaban J connectivity index is 2.17. The van der Waals surface area contributed by atoms with E-state index in [1.807, 2.05) is 6.07 Å². The number of carboxylic acid groups (broad SMARTS) is 1. The standard InChI is InChI=1S/C24H18F3N3O7/c1-12-8-17(34-2)19(14-6-7-30(20(12)14)22(32)33)23(24(25,26)27,36-11-18(31)35-3)21-29-15-9-13(10-28)4-5-16(15)37-21/h4-9H,11H2,1-3H3,(H,32,33). The zero-order chi connectivity index (χ0) is 27.1. The van der Waals surface area contributed by atoms with Gasteiger partial charge in [0.15, 0.2) is 5.58 Å². The molecule has 192 valence electrons. The molecule has 2 heterocycles. The first-order valence-corrected chi connectivity index (χ1v) is 10.5. The maximum absolute atomic E-state index is 15.3. The number of fused-ring (bicyclic) bond motifs is 2. The van der Waals surface area contributed by atoms with Crippen molar-refractivity contribution in [1.29, 1.82) is 5.26 Å². The molecule has 0 aliphatic carbocycles. The zero-order valence-corrected chi connectivity index (χ0v) is 19.5. The second kappa shape index (κ2) is 9.14. The highest BCUT2D eigenvalue weighted by molar-refractivity contribution is 5.95. The molecule has 0 amide bonds. The topological polar surface area (TPSA) is 137 Å². The van der Waals surface area contributed by atoms with Crippen LogP contribution in [0.4, 0.5) is 18.0 Å². The van der Waals surface area contributed by atoms with Gasteiger partial charge in [-0.25, -0.2) is 14.6 Å². The Labute approximate surface area is 206 Å². The molecule has 13 heteroatoms. The van der Waals surface area contributed by atoms with Gasteiger partial charge >= 0.3 is 18.2 Å². The number of aryl methyl sites for hydroxylation is 1. The fourth-order valence-electron chi connectivity index (χ4n) is 4.15. The SMILES string of the molecule is COC(=O)COC(c1nc2cc(C#N)ccc2o1)(c1c(OC)cc(C)c2c1ccn2C(=O)O)C(F)(F)F. The summed E-state index contributed by atoms with van der Waals surface area (Å²) in [4.78, 5) is 27.8. The maximum Gasteiger partial charge on any atom is 0.431 e. The van der Waals surface area contributed by atoms with Crippen LogP contribution in [-0.2, 0) is 19.9 Å². The minimum Gasteiger partial charge on any atom is -0.496 e. The molecule has 0 radical (unpaired) electrons. The molecule has 4 rings (SSSR count). The molecule has 2 aromatic carbocycles. The smallest absolute Gasteiger partial charge is 0.431 e. The predicted octanol–water partition coefficient (Wildman–Crippen LogP) is 4.49. The Bertz CT molecular complexity index is 1580. The van der Waals surface area contributed by atoms with Crippen LogP contribution in [0, 0.1) is 18.3 Å². The van der Waals surface area contributed by atoms with Crippen molar-refractivity contribution in [1.82, 2.24) is 9.55 Å². The highest BCUT2D eigenvalue weighted by Gasteiger charge is 2.65. The van der Waals surface area contributed by atoms with Crippen LogP contribution in [-0.4, -0.2) is 53.7 Å². The van der Waals surface area contributed by atoms with E-state index in [-0.39, 0.29) is 33.3 Å². The highest BCUT2D eigenvalue weighted by Crippen LogP contribution is 2.53. The molecule has 0 bridgehead atoms. The summed E-state index contributed by atoms with van der Waals surface area (Å²) in [5.74, 6) is -2.46. The third kappa shape index (κ3) is 4.01. The fourth-order valence-corrected chi connectivity index (χ4v) is 4.15. The number of oxazole rings is 1. The molecule has 0 fully saturated rings. The van der Waals surface area contributed by atoms with Gasteiger partial charge in [-0.15, -0.1) is 0 Å². The van der Waals surface area contributed by atoms with E-state index in [9.17, 15) is 20.0 Å². The molecule has 4 aromatic rings. The molecule has 0 spiro atoms. The third-order valence-electron chi connectivity index (χ3n) is 5.75. The van der Waals surface area contributed by atoms with Crippen LogP contribution in [0.15, 0.2) is 40.9 Å². The first kappa shape index (κ1) is 25.5. The molecule has 0 aliphatic heterocycles. The number of hydrogen-bond donors (Lipinski definition) is 1. The second-order valence-corrected chi connectivity index (χ2v) is 7.86. The van der Waals surface area contributed by atoms with E-state index in [1.54, 1.807) is 0 Å². The van der Waals surface area contributed by atoms with Crippen molar-refractivity contribution >= 4 is 34.1 Å². The molecular weight excluding hydrogens is 499 g/mol. The van der Waals surface area contributed by atoms with Crippen molar-refractivity contribution in [3.63, 3.8) is 0 Å². The van der Waals surface area contributed by atoms with E-state index in [2.05, 4.69) is 9.72 Å². The summed E-state index contributed by atoms with van der Waals surface area (Å²) in [7, 11) is 2.10. The van der Waals surface area contributed by atoms with E-state index in [4.69, 9.17) is 13.9 Å². The number of esters is 1. The molecule has 1 N–H and O–H groups in total. The van der Waals surface area contributed by atoms with Crippen molar-refractivity contribution in [2.75, 3.05) is 20.8 Å². The lowest BCUT2D eigenvalue weighted by molar-refractivity contribution is -0.273. The number of nitrogens with zero attached hydrogens (tertiary/aromatic N) is 3. The average Bonchev–Trinajstić information content (AvgIpc) is 3.48. The number of alkyl halides is 3. The van der Waals surface area contributed by atoms with Crippen LogP contribution < -0.4 is 4.74 Å². The van der Waals surface area contributed by atoms with Gasteiger partial charge in [-0.2, -0.15) is 18.4 Å². The molecule has 1 atom stereocenters. The first-order chi connectivity index (χ1) is 17.5. The number of ether oxygens (including phenoxy) is 3. The van der Waals surface area contributed by atoms with Crippen LogP contribution in [0.25, 0.3) is 22.0 Å². The van der Waals surface area contributed by atoms with E-state index in [0.29, 0.717) is 5.56 Å². The molecule has 37 heavy (non-hydrogen) atoms. The summed E-state index contributed by atoms with van der Waals surface area (Å²) in [5.41, 5.74) is -4.06. The normalized spacial score (nSPS) is 13.3. The van der Waals surface area contributed by atoms with E-state index in [1.165, 1.54) is 31.2 Å². The highest BCUT2D eigenvalue weighted by atomic mass is 19.4.